The van der Waals surface area contributed by atoms with Crippen molar-refractivity contribution in [2.45, 2.75) is 12.6 Å². The number of hydrogen-bond donors (Lipinski definition) is 1. The van der Waals surface area contributed by atoms with E-state index in [-0.39, 0.29) is 6.04 Å². The molecule has 1 aromatic heterocycles. The van der Waals surface area contributed by atoms with Gasteiger partial charge in [-0.3, -0.25) is 9.88 Å². The lowest BCUT2D eigenvalue weighted by Crippen LogP contribution is -2.30. The van der Waals surface area contributed by atoms with E-state index in [4.69, 9.17) is 17.3 Å². The molecule has 3 nitrogen and oxygen atoms in total. The van der Waals surface area contributed by atoms with Gasteiger partial charge in [0.2, 0.25) is 0 Å². The van der Waals surface area contributed by atoms with Crippen LogP contribution in [0.3, 0.4) is 0 Å². The lowest BCUT2D eigenvalue weighted by molar-refractivity contribution is 0.241. The summed E-state index contributed by atoms with van der Waals surface area (Å²) in [4.78, 5) is 6.26. The topological polar surface area (TPSA) is 42.2 Å². The summed E-state index contributed by atoms with van der Waals surface area (Å²) in [7, 11) is 2.07. The largest absolute Gasteiger partial charge is 0.329 e. The van der Waals surface area contributed by atoms with Crippen molar-refractivity contribution in [2.75, 3.05) is 13.6 Å². The summed E-state index contributed by atoms with van der Waals surface area (Å²) < 4.78 is 0.988. The Morgan fingerprint density at radius 3 is 2.60 bits per heavy atom. The lowest BCUT2D eigenvalue weighted by atomic mass is 10.1. The molecule has 0 aliphatic carbocycles. The number of nitrogens with two attached hydrogens (primary N) is 1. The Labute approximate surface area is 132 Å². The van der Waals surface area contributed by atoms with Crippen molar-refractivity contribution < 1.29 is 0 Å². The van der Waals surface area contributed by atoms with Gasteiger partial charge in [0.1, 0.15) is 0 Å². The third-order valence-corrected chi connectivity index (χ3v) is 4.18. The SMILES string of the molecule is CN(Cc1ccncc1)C(CN)c1ccc(Cl)cc1Br. The molecule has 0 spiro atoms. The Kier molecular flexibility index (Phi) is 5.54. The third kappa shape index (κ3) is 3.79. The molecule has 0 amide bonds. The Morgan fingerprint density at radius 2 is 2.00 bits per heavy atom. The molecule has 0 radical (unpaired) electrons. The van der Waals surface area contributed by atoms with Crippen LogP contribution in [0.25, 0.3) is 0 Å². The van der Waals surface area contributed by atoms with Crippen molar-refractivity contribution >= 4 is 27.5 Å². The summed E-state index contributed by atoms with van der Waals surface area (Å²) in [6.07, 6.45) is 3.61. The highest BCUT2D eigenvalue weighted by Crippen LogP contribution is 2.29. The monoisotopic (exact) mass is 353 g/mol. The standard InChI is InChI=1S/C15H17BrClN3/c1-20(10-11-4-6-19-7-5-11)15(9-18)13-3-2-12(17)8-14(13)16/h2-8,15H,9-10,18H2,1H3. The highest BCUT2D eigenvalue weighted by atomic mass is 79.9. The summed E-state index contributed by atoms with van der Waals surface area (Å²) in [5.74, 6) is 0. The van der Waals surface area contributed by atoms with Gasteiger partial charge in [-0.15, -0.1) is 0 Å². The highest BCUT2D eigenvalue weighted by molar-refractivity contribution is 9.10. The van der Waals surface area contributed by atoms with Gasteiger partial charge in [-0.25, -0.2) is 0 Å². The molecule has 0 aliphatic rings. The molecule has 1 unspecified atom stereocenters. The van der Waals surface area contributed by atoms with Gasteiger partial charge in [-0.2, -0.15) is 0 Å². The molecule has 0 aliphatic heterocycles. The maximum absolute atomic E-state index is 5.99. The quantitative estimate of drug-likeness (QED) is 0.891. The zero-order valence-corrected chi connectivity index (χ0v) is 13.6. The molecule has 0 saturated heterocycles. The maximum atomic E-state index is 5.99. The molecule has 2 N–H and O–H groups in total. The van der Waals surface area contributed by atoms with Crippen molar-refractivity contribution in [3.05, 3.63) is 63.3 Å². The van der Waals surface area contributed by atoms with E-state index in [9.17, 15) is 0 Å². The second-order valence-corrected chi connectivity index (χ2v) is 5.98. The first-order valence-corrected chi connectivity index (χ1v) is 7.53. The lowest BCUT2D eigenvalue weighted by Gasteiger charge is -2.28. The van der Waals surface area contributed by atoms with Crippen LogP contribution >= 0.6 is 27.5 Å². The number of aromatic nitrogens is 1. The first-order chi connectivity index (χ1) is 9.61. The Hall–Kier alpha value is -0.940. The third-order valence-electron chi connectivity index (χ3n) is 3.26. The van der Waals surface area contributed by atoms with Crippen LogP contribution in [-0.2, 0) is 6.54 Å². The second kappa shape index (κ2) is 7.18. The minimum Gasteiger partial charge on any atom is -0.329 e. The first kappa shape index (κ1) is 15.4. The number of pyridine rings is 1. The van der Waals surface area contributed by atoms with Crippen molar-refractivity contribution in [3.8, 4) is 0 Å². The average molecular weight is 355 g/mol. The predicted octanol–water partition coefficient (Wildman–Crippen LogP) is 3.63. The van der Waals surface area contributed by atoms with Gasteiger partial charge >= 0.3 is 0 Å². The number of nitrogens with zero attached hydrogens (tertiary/aromatic N) is 2. The highest BCUT2D eigenvalue weighted by Gasteiger charge is 2.18. The normalized spacial score (nSPS) is 12.7. The number of hydrogen-bond acceptors (Lipinski definition) is 3. The smallest absolute Gasteiger partial charge is 0.0482 e. The van der Waals surface area contributed by atoms with Gasteiger partial charge in [-0.1, -0.05) is 33.6 Å². The predicted molar refractivity (Wildman–Crippen MR) is 86.7 cm³/mol. The van der Waals surface area contributed by atoms with Crippen molar-refractivity contribution in [3.63, 3.8) is 0 Å². The molecule has 5 heteroatoms. The van der Waals surface area contributed by atoms with Crippen LogP contribution in [0.1, 0.15) is 17.2 Å². The summed E-state index contributed by atoms with van der Waals surface area (Å²) in [6.45, 7) is 1.36. The molecular formula is C15H17BrClN3. The molecule has 0 bridgehead atoms. The Bertz CT molecular complexity index is 562. The number of likely N-dealkylation sites (N-methyl/N-ethyl adjacent to an activating group) is 1. The molecule has 2 aromatic rings. The number of benzene rings is 1. The van der Waals surface area contributed by atoms with E-state index in [1.807, 2.05) is 30.3 Å². The van der Waals surface area contributed by atoms with Crippen molar-refractivity contribution in [1.82, 2.24) is 9.88 Å². The maximum Gasteiger partial charge on any atom is 0.0482 e. The van der Waals surface area contributed by atoms with Crippen molar-refractivity contribution in [1.29, 1.82) is 0 Å². The Morgan fingerprint density at radius 1 is 1.30 bits per heavy atom. The van der Waals surface area contributed by atoms with Gasteiger partial charge in [0.05, 0.1) is 0 Å². The molecule has 1 heterocycles. The average Bonchev–Trinajstić information content (AvgIpc) is 2.43. The zero-order valence-electron chi connectivity index (χ0n) is 11.3. The van der Waals surface area contributed by atoms with E-state index >= 15 is 0 Å². The van der Waals surface area contributed by atoms with Crippen molar-refractivity contribution in [2.24, 2.45) is 5.73 Å². The number of rotatable bonds is 5. The van der Waals surface area contributed by atoms with Gasteiger partial charge in [0, 0.05) is 41.0 Å². The molecule has 20 heavy (non-hydrogen) atoms. The van der Waals surface area contributed by atoms with Crippen LogP contribution < -0.4 is 5.73 Å². The summed E-state index contributed by atoms with van der Waals surface area (Å²) in [6, 6.07) is 9.98. The van der Waals surface area contributed by atoms with Crippen LogP contribution in [0.15, 0.2) is 47.2 Å². The van der Waals surface area contributed by atoms with Gasteiger partial charge in [0.15, 0.2) is 0 Å². The van der Waals surface area contributed by atoms with E-state index in [0.717, 1.165) is 16.6 Å². The van der Waals surface area contributed by atoms with E-state index in [0.29, 0.717) is 11.6 Å². The summed E-state index contributed by atoms with van der Waals surface area (Å²) in [5.41, 5.74) is 8.32. The van der Waals surface area contributed by atoms with Gasteiger partial charge in [0.25, 0.3) is 0 Å². The molecule has 0 saturated carbocycles. The summed E-state index contributed by atoms with van der Waals surface area (Å²) >= 11 is 9.56. The molecule has 106 valence electrons. The second-order valence-electron chi connectivity index (χ2n) is 4.69. The minimum atomic E-state index is 0.134. The molecule has 1 atom stereocenters. The summed E-state index contributed by atoms with van der Waals surface area (Å²) in [5, 5.41) is 0.716. The molecule has 1 aromatic carbocycles. The fraction of sp³-hybridized carbons (Fsp3) is 0.267. The molecule has 0 fully saturated rings. The van der Waals surface area contributed by atoms with Crippen LogP contribution in [0.2, 0.25) is 5.02 Å². The van der Waals surface area contributed by atoms with Crippen LogP contribution in [-0.4, -0.2) is 23.5 Å². The zero-order chi connectivity index (χ0) is 14.5. The first-order valence-electron chi connectivity index (χ1n) is 6.36. The van der Waals surface area contributed by atoms with Crippen LogP contribution in [0, 0.1) is 0 Å². The van der Waals surface area contributed by atoms with E-state index < -0.39 is 0 Å². The fourth-order valence-electron chi connectivity index (χ4n) is 2.20. The fourth-order valence-corrected chi connectivity index (χ4v) is 3.15. The Balaban J connectivity index is 2.19. The van der Waals surface area contributed by atoms with E-state index in [2.05, 4.69) is 32.9 Å². The van der Waals surface area contributed by atoms with Crippen LogP contribution in [0.5, 0.6) is 0 Å². The minimum absolute atomic E-state index is 0.134. The van der Waals surface area contributed by atoms with Gasteiger partial charge < -0.3 is 5.73 Å². The number of halogens is 2. The van der Waals surface area contributed by atoms with Crippen LogP contribution in [0.4, 0.5) is 0 Å². The van der Waals surface area contributed by atoms with Gasteiger partial charge in [-0.05, 0) is 42.4 Å². The molecular weight excluding hydrogens is 338 g/mol. The molecule has 2 rings (SSSR count). The van der Waals surface area contributed by atoms with E-state index in [1.54, 1.807) is 12.4 Å². The van der Waals surface area contributed by atoms with E-state index in [1.165, 1.54) is 5.56 Å².